The fourth-order valence-electron chi connectivity index (χ4n) is 3.37. The first kappa shape index (κ1) is 19.0. The highest BCUT2D eigenvalue weighted by molar-refractivity contribution is 5.97. The SMILES string of the molecule is CN(C)C(=O)c1cccc(CNC(=O)[C@@H](C(=O)O)C2CCCCC2)c1. The average molecular weight is 346 g/mol. The van der Waals surface area contributed by atoms with Crippen molar-refractivity contribution in [2.75, 3.05) is 14.1 Å². The molecule has 25 heavy (non-hydrogen) atoms. The Kier molecular flexibility index (Phi) is 6.56. The van der Waals surface area contributed by atoms with Crippen molar-refractivity contribution in [3.63, 3.8) is 0 Å². The van der Waals surface area contributed by atoms with Gasteiger partial charge >= 0.3 is 5.97 Å². The Morgan fingerprint density at radius 1 is 1.20 bits per heavy atom. The van der Waals surface area contributed by atoms with Gasteiger partial charge in [0.1, 0.15) is 5.92 Å². The molecule has 136 valence electrons. The van der Waals surface area contributed by atoms with Gasteiger partial charge in [-0.05, 0) is 36.5 Å². The van der Waals surface area contributed by atoms with Gasteiger partial charge in [0.05, 0.1) is 0 Å². The number of aliphatic carboxylic acids is 1. The number of hydrogen-bond acceptors (Lipinski definition) is 3. The molecule has 0 heterocycles. The van der Waals surface area contributed by atoms with Crippen LogP contribution >= 0.6 is 0 Å². The summed E-state index contributed by atoms with van der Waals surface area (Å²) in [6.07, 6.45) is 4.65. The number of rotatable bonds is 6. The smallest absolute Gasteiger partial charge is 0.316 e. The second-order valence-electron chi connectivity index (χ2n) is 6.83. The van der Waals surface area contributed by atoms with Crippen LogP contribution in [0.25, 0.3) is 0 Å². The Hall–Kier alpha value is -2.37. The quantitative estimate of drug-likeness (QED) is 0.774. The van der Waals surface area contributed by atoms with E-state index >= 15 is 0 Å². The van der Waals surface area contributed by atoms with Crippen LogP contribution in [0, 0.1) is 11.8 Å². The second kappa shape index (κ2) is 8.65. The van der Waals surface area contributed by atoms with E-state index in [-0.39, 0.29) is 18.4 Å². The fourth-order valence-corrected chi connectivity index (χ4v) is 3.37. The molecule has 1 aromatic carbocycles. The fraction of sp³-hybridized carbons (Fsp3) is 0.526. The maximum absolute atomic E-state index is 12.4. The molecule has 6 nitrogen and oxygen atoms in total. The lowest BCUT2D eigenvalue weighted by molar-refractivity contribution is -0.150. The molecule has 0 radical (unpaired) electrons. The lowest BCUT2D eigenvalue weighted by Gasteiger charge is -2.26. The van der Waals surface area contributed by atoms with Crippen molar-refractivity contribution in [3.05, 3.63) is 35.4 Å². The first-order chi connectivity index (χ1) is 11.9. The predicted molar refractivity (Wildman–Crippen MR) is 94.0 cm³/mol. The molecule has 0 saturated heterocycles. The summed E-state index contributed by atoms with van der Waals surface area (Å²) in [5, 5.41) is 12.2. The van der Waals surface area contributed by atoms with Crippen LogP contribution in [0.3, 0.4) is 0 Å². The van der Waals surface area contributed by atoms with E-state index in [1.807, 2.05) is 6.07 Å². The molecule has 0 unspecified atom stereocenters. The van der Waals surface area contributed by atoms with Crippen molar-refractivity contribution < 1.29 is 19.5 Å². The summed E-state index contributed by atoms with van der Waals surface area (Å²) in [4.78, 5) is 37.5. The first-order valence-corrected chi connectivity index (χ1v) is 8.71. The van der Waals surface area contributed by atoms with Crippen LogP contribution in [0.4, 0.5) is 0 Å². The van der Waals surface area contributed by atoms with Gasteiger partial charge in [-0.25, -0.2) is 0 Å². The molecule has 2 rings (SSSR count). The molecule has 0 aromatic heterocycles. The molecule has 1 fully saturated rings. The second-order valence-corrected chi connectivity index (χ2v) is 6.83. The number of nitrogens with zero attached hydrogens (tertiary/aromatic N) is 1. The predicted octanol–water partition coefficient (Wildman–Crippen LogP) is 2.29. The molecule has 0 bridgehead atoms. The van der Waals surface area contributed by atoms with Gasteiger partial charge in [-0.1, -0.05) is 31.4 Å². The monoisotopic (exact) mass is 346 g/mol. The van der Waals surface area contributed by atoms with Gasteiger partial charge in [-0.2, -0.15) is 0 Å². The van der Waals surface area contributed by atoms with E-state index in [2.05, 4.69) is 5.32 Å². The molecule has 2 amide bonds. The minimum atomic E-state index is -1.05. The first-order valence-electron chi connectivity index (χ1n) is 8.71. The summed E-state index contributed by atoms with van der Waals surface area (Å²) < 4.78 is 0. The van der Waals surface area contributed by atoms with E-state index in [1.165, 1.54) is 4.90 Å². The number of hydrogen-bond donors (Lipinski definition) is 2. The summed E-state index contributed by atoms with van der Waals surface area (Å²) in [7, 11) is 3.36. The van der Waals surface area contributed by atoms with Crippen LogP contribution in [0.15, 0.2) is 24.3 Å². The van der Waals surface area contributed by atoms with Crippen molar-refractivity contribution in [2.45, 2.75) is 38.6 Å². The van der Waals surface area contributed by atoms with Gasteiger partial charge in [-0.15, -0.1) is 0 Å². The van der Waals surface area contributed by atoms with Crippen molar-refractivity contribution in [1.82, 2.24) is 10.2 Å². The summed E-state index contributed by atoms with van der Waals surface area (Å²) in [5.74, 6) is -2.69. The maximum Gasteiger partial charge on any atom is 0.316 e. The van der Waals surface area contributed by atoms with Gasteiger partial charge < -0.3 is 15.3 Å². The summed E-state index contributed by atoms with van der Waals surface area (Å²) in [6.45, 7) is 0.212. The minimum Gasteiger partial charge on any atom is -0.481 e. The van der Waals surface area contributed by atoms with Crippen LogP contribution in [-0.4, -0.2) is 41.9 Å². The zero-order valence-corrected chi connectivity index (χ0v) is 14.8. The summed E-state index contributed by atoms with van der Waals surface area (Å²) in [6, 6.07) is 7.01. The van der Waals surface area contributed by atoms with E-state index in [0.29, 0.717) is 5.56 Å². The van der Waals surface area contributed by atoms with E-state index in [0.717, 1.165) is 37.7 Å². The van der Waals surface area contributed by atoms with E-state index in [1.54, 1.807) is 32.3 Å². The molecule has 1 saturated carbocycles. The van der Waals surface area contributed by atoms with E-state index in [4.69, 9.17) is 0 Å². The van der Waals surface area contributed by atoms with Crippen LogP contribution in [0.2, 0.25) is 0 Å². The normalized spacial score (nSPS) is 16.1. The lowest BCUT2D eigenvalue weighted by atomic mass is 9.79. The third-order valence-electron chi connectivity index (χ3n) is 4.72. The van der Waals surface area contributed by atoms with E-state index < -0.39 is 17.8 Å². The topological polar surface area (TPSA) is 86.7 Å². The highest BCUT2D eigenvalue weighted by Gasteiger charge is 2.35. The molecule has 1 aliphatic rings. The maximum atomic E-state index is 12.4. The molecule has 1 aromatic rings. The van der Waals surface area contributed by atoms with Crippen LogP contribution in [-0.2, 0) is 16.1 Å². The number of carbonyl (C=O) groups excluding carboxylic acids is 2. The lowest BCUT2D eigenvalue weighted by Crippen LogP contribution is -2.40. The molecular formula is C19H26N2O4. The number of nitrogens with one attached hydrogen (secondary N) is 1. The number of benzene rings is 1. The Labute approximate surface area is 148 Å². The zero-order chi connectivity index (χ0) is 18.4. The molecule has 1 atom stereocenters. The standard InChI is InChI=1S/C19H26N2O4/c1-21(2)18(23)15-10-6-7-13(11-15)12-20-17(22)16(19(24)25)14-8-4-3-5-9-14/h6-7,10-11,14,16H,3-5,8-9,12H2,1-2H3,(H,20,22)(H,24,25)/t16-/m0/s1. The molecule has 1 aliphatic carbocycles. The average Bonchev–Trinajstić information content (AvgIpc) is 2.60. The van der Waals surface area contributed by atoms with E-state index in [9.17, 15) is 19.5 Å². The van der Waals surface area contributed by atoms with Crippen LogP contribution in [0.1, 0.15) is 48.0 Å². The number of carboxylic acids is 1. The van der Waals surface area contributed by atoms with Gasteiger partial charge in [0.25, 0.3) is 5.91 Å². The number of carbonyl (C=O) groups is 3. The van der Waals surface area contributed by atoms with Gasteiger partial charge in [0.2, 0.25) is 5.91 Å². The van der Waals surface area contributed by atoms with Crippen molar-refractivity contribution >= 4 is 17.8 Å². The number of carboxylic acid groups (broad SMARTS) is 1. The molecular weight excluding hydrogens is 320 g/mol. The zero-order valence-electron chi connectivity index (χ0n) is 14.8. The Morgan fingerprint density at radius 2 is 1.88 bits per heavy atom. The minimum absolute atomic E-state index is 0.0899. The van der Waals surface area contributed by atoms with Gasteiger partial charge in [-0.3, -0.25) is 14.4 Å². The third kappa shape index (κ3) is 5.05. The molecule has 0 aliphatic heterocycles. The Morgan fingerprint density at radius 3 is 2.48 bits per heavy atom. The summed E-state index contributed by atoms with van der Waals surface area (Å²) in [5.41, 5.74) is 1.31. The Balaban J connectivity index is 2.01. The highest BCUT2D eigenvalue weighted by Crippen LogP contribution is 2.30. The Bertz CT molecular complexity index is 636. The largest absolute Gasteiger partial charge is 0.481 e. The third-order valence-corrected chi connectivity index (χ3v) is 4.72. The van der Waals surface area contributed by atoms with Crippen molar-refractivity contribution in [3.8, 4) is 0 Å². The molecule has 2 N–H and O–H groups in total. The van der Waals surface area contributed by atoms with Gasteiger partial charge in [0.15, 0.2) is 0 Å². The van der Waals surface area contributed by atoms with Crippen LogP contribution < -0.4 is 5.32 Å². The van der Waals surface area contributed by atoms with Crippen molar-refractivity contribution in [2.24, 2.45) is 11.8 Å². The van der Waals surface area contributed by atoms with Gasteiger partial charge in [0, 0.05) is 26.2 Å². The van der Waals surface area contributed by atoms with Crippen LogP contribution in [0.5, 0.6) is 0 Å². The summed E-state index contributed by atoms with van der Waals surface area (Å²) >= 11 is 0. The molecule has 6 heteroatoms. The molecule has 0 spiro atoms. The number of amides is 2. The highest BCUT2D eigenvalue weighted by atomic mass is 16.4. The van der Waals surface area contributed by atoms with Crippen molar-refractivity contribution in [1.29, 1.82) is 0 Å².